The normalized spacial score (nSPS) is 16.8. The molecule has 29 heavy (non-hydrogen) atoms. The molecule has 166 valence electrons. The van der Waals surface area contributed by atoms with Crippen molar-refractivity contribution in [1.82, 2.24) is 14.9 Å². The van der Waals surface area contributed by atoms with E-state index in [1.54, 1.807) is 19.2 Å². The number of rotatable bonds is 6. The number of aliphatic imine (C=N–C) groups is 1. The van der Waals surface area contributed by atoms with Gasteiger partial charge in [0.25, 0.3) is 0 Å². The number of alkyl halides is 3. The van der Waals surface area contributed by atoms with Crippen LogP contribution in [0.25, 0.3) is 0 Å². The van der Waals surface area contributed by atoms with Crippen molar-refractivity contribution >= 4 is 40.0 Å². The highest BCUT2D eigenvalue weighted by Crippen LogP contribution is 2.26. The molecule has 1 aromatic carbocycles. The van der Waals surface area contributed by atoms with Crippen LogP contribution in [0.3, 0.4) is 0 Å². The summed E-state index contributed by atoms with van der Waals surface area (Å²) in [5.41, 5.74) is 0.351. The largest absolute Gasteiger partial charge is 0.573 e. The van der Waals surface area contributed by atoms with Crippen LogP contribution in [-0.2, 0) is 16.6 Å². The predicted molar refractivity (Wildman–Crippen MR) is 116 cm³/mol. The third-order valence-electron chi connectivity index (χ3n) is 4.47. The Bertz CT molecular complexity index is 782. The summed E-state index contributed by atoms with van der Waals surface area (Å²) in [5, 5.41) is 6.11. The third kappa shape index (κ3) is 8.95. The highest BCUT2D eigenvalue weighted by Gasteiger charge is 2.32. The first kappa shape index (κ1) is 25.8. The van der Waals surface area contributed by atoms with E-state index >= 15 is 0 Å². The van der Waals surface area contributed by atoms with Gasteiger partial charge in [-0.1, -0.05) is 18.2 Å². The Balaban J connectivity index is 0.00000420. The Morgan fingerprint density at radius 2 is 1.86 bits per heavy atom. The fraction of sp³-hybridized carbons (Fsp3) is 0.588. The Labute approximate surface area is 186 Å². The van der Waals surface area contributed by atoms with Gasteiger partial charge in [-0.05, 0) is 24.8 Å². The van der Waals surface area contributed by atoms with Gasteiger partial charge >= 0.3 is 6.36 Å². The number of hydrogen-bond acceptors (Lipinski definition) is 4. The van der Waals surface area contributed by atoms with E-state index in [4.69, 9.17) is 0 Å². The Kier molecular flexibility index (Phi) is 9.95. The van der Waals surface area contributed by atoms with E-state index in [1.807, 2.05) is 0 Å². The van der Waals surface area contributed by atoms with E-state index in [0.717, 1.165) is 12.8 Å². The van der Waals surface area contributed by atoms with Crippen LogP contribution in [0, 0.1) is 5.92 Å². The first-order chi connectivity index (χ1) is 13.1. The number of nitrogens with zero attached hydrogens (tertiary/aromatic N) is 2. The van der Waals surface area contributed by atoms with Crippen molar-refractivity contribution in [2.75, 3.05) is 32.9 Å². The quantitative estimate of drug-likeness (QED) is 0.324. The summed E-state index contributed by atoms with van der Waals surface area (Å²) >= 11 is 0. The lowest BCUT2D eigenvalue weighted by Gasteiger charge is -2.30. The Hall–Kier alpha value is -1.28. The number of benzene rings is 1. The third-order valence-corrected chi connectivity index (χ3v) is 5.77. The molecule has 0 saturated carbocycles. The van der Waals surface area contributed by atoms with Gasteiger partial charge in [-0.3, -0.25) is 4.99 Å². The van der Waals surface area contributed by atoms with Crippen molar-refractivity contribution in [2.45, 2.75) is 25.7 Å². The van der Waals surface area contributed by atoms with Gasteiger partial charge in [0.1, 0.15) is 5.75 Å². The zero-order valence-electron chi connectivity index (χ0n) is 16.2. The summed E-state index contributed by atoms with van der Waals surface area (Å²) < 4.78 is 66.1. The molecule has 0 bridgehead atoms. The molecule has 0 radical (unpaired) electrons. The smallest absolute Gasteiger partial charge is 0.405 e. The minimum atomic E-state index is -4.75. The maximum atomic E-state index is 12.5. The molecule has 1 fully saturated rings. The highest BCUT2D eigenvalue weighted by molar-refractivity contribution is 14.0. The van der Waals surface area contributed by atoms with Gasteiger partial charge in [0.05, 0.1) is 6.26 Å². The number of guanidine groups is 1. The summed E-state index contributed by atoms with van der Waals surface area (Å²) in [4.78, 5) is 4.07. The molecular formula is C17H26F3IN4O3S. The van der Waals surface area contributed by atoms with Crippen LogP contribution in [0.15, 0.2) is 29.3 Å². The van der Waals surface area contributed by atoms with Crippen LogP contribution >= 0.6 is 24.0 Å². The molecule has 7 nitrogen and oxygen atoms in total. The van der Waals surface area contributed by atoms with E-state index < -0.39 is 16.4 Å². The van der Waals surface area contributed by atoms with Gasteiger partial charge < -0.3 is 15.4 Å². The number of piperidine rings is 1. The average Bonchev–Trinajstić information content (AvgIpc) is 2.61. The summed E-state index contributed by atoms with van der Waals surface area (Å²) in [6.45, 7) is 1.68. The zero-order chi connectivity index (χ0) is 20.8. The molecular weight excluding hydrogens is 524 g/mol. The molecule has 0 aromatic heterocycles. The fourth-order valence-electron chi connectivity index (χ4n) is 2.96. The van der Waals surface area contributed by atoms with E-state index in [2.05, 4.69) is 20.4 Å². The molecule has 1 saturated heterocycles. The summed E-state index contributed by atoms with van der Waals surface area (Å²) in [7, 11) is -1.59. The van der Waals surface area contributed by atoms with Crippen LogP contribution in [0.1, 0.15) is 18.4 Å². The summed E-state index contributed by atoms with van der Waals surface area (Å²) in [6.07, 6.45) is -2.08. The van der Waals surface area contributed by atoms with Gasteiger partial charge in [-0.25, -0.2) is 12.7 Å². The lowest BCUT2D eigenvalue weighted by molar-refractivity contribution is -0.274. The van der Waals surface area contributed by atoms with E-state index in [9.17, 15) is 21.6 Å². The molecule has 1 aliphatic heterocycles. The minimum absolute atomic E-state index is 0. The molecule has 1 aliphatic rings. The maximum absolute atomic E-state index is 12.5. The topological polar surface area (TPSA) is 83.0 Å². The molecule has 0 unspecified atom stereocenters. The van der Waals surface area contributed by atoms with Gasteiger partial charge in [-0.2, -0.15) is 0 Å². The molecule has 1 aromatic rings. The van der Waals surface area contributed by atoms with E-state index in [1.165, 1.54) is 22.7 Å². The van der Waals surface area contributed by atoms with Crippen LogP contribution in [0.5, 0.6) is 5.75 Å². The predicted octanol–water partition coefficient (Wildman–Crippen LogP) is 2.54. The summed E-state index contributed by atoms with van der Waals surface area (Å²) in [6, 6.07) is 5.91. The lowest BCUT2D eigenvalue weighted by atomic mass is 9.98. The lowest BCUT2D eigenvalue weighted by Crippen LogP contribution is -2.43. The second kappa shape index (κ2) is 11.2. The molecule has 1 heterocycles. The van der Waals surface area contributed by atoms with Crippen LogP contribution in [-0.4, -0.2) is 58.0 Å². The van der Waals surface area contributed by atoms with Crippen molar-refractivity contribution in [1.29, 1.82) is 0 Å². The van der Waals surface area contributed by atoms with Crippen molar-refractivity contribution in [3.05, 3.63) is 29.8 Å². The number of nitrogens with one attached hydrogen (secondary N) is 2. The van der Waals surface area contributed by atoms with Crippen molar-refractivity contribution in [3.63, 3.8) is 0 Å². The SMILES string of the molecule is CN=C(NCc1ccccc1OC(F)(F)F)NCC1CCN(S(C)(=O)=O)CC1.I. The van der Waals surface area contributed by atoms with Crippen molar-refractivity contribution in [3.8, 4) is 5.75 Å². The van der Waals surface area contributed by atoms with Crippen molar-refractivity contribution < 1.29 is 26.3 Å². The van der Waals surface area contributed by atoms with Gasteiger partial charge in [0.2, 0.25) is 10.0 Å². The maximum Gasteiger partial charge on any atom is 0.573 e. The highest BCUT2D eigenvalue weighted by atomic mass is 127. The zero-order valence-corrected chi connectivity index (χ0v) is 19.3. The molecule has 12 heteroatoms. The number of sulfonamides is 1. The van der Waals surface area contributed by atoms with Crippen molar-refractivity contribution in [2.24, 2.45) is 10.9 Å². The molecule has 0 aliphatic carbocycles. The van der Waals surface area contributed by atoms with E-state index in [0.29, 0.717) is 31.2 Å². The summed E-state index contributed by atoms with van der Waals surface area (Å²) in [5.74, 6) is 0.482. The van der Waals surface area contributed by atoms with Gasteiger partial charge in [0, 0.05) is 38.8 Å². The monoisotopic (exact) mass is 550 g/mol. The Morgan fingerprint density at radius 3 is 2.41 bits per heavy atom. The standard InChI is InChI=1S/C17H25F3N4O3S.HI/c1-21-16(22-11-13-7-9-24(10-8-13)28(2,25)26)23-12-14-5-3-4-6-15(14)27-17(18,19)20;/h3-6,13H,7-12H2,1-2H3,(H2,21,22,23);1H. The fourth-order valence-corrected chi connectivity index (χ4v) is 3.83. The number of hydrogen-bond donors (Lipinski definition) is 2. The first-order valence-corrected chi connectivity index (χ1v) is 10.7. The molecule has 0 spiro atoms. The minimum Gasteiger partial charge on any atom is -0.405 e. The number of halogens is 4. The average molecular weight is 550 g/mol. The Morgan fingerprint density at radius 1 is 1.24 bits per heavy atom. The second-order valence-corrected chi connectivity index (χ2v) is 8.55. The first-order valence-electron chi connectivity index (χ1n) is 8.82. The van der Waals surface area contributed by atoms with Crippen LogP contribution in [0.2, 0.25) is 0 Å². The number of para-hydroxylation sites is 1. The molecule has 0 amide bonds. The number of ether oxygens (including phenoxy) is 1. The van der Waals surface area contributed by atoms with E-state index in [-0.39, 0.29) is 42.2 Å². The van der Waals surface area contributed by atoms with Crippen LogP contribution in [0.4, 0.5) is 13.2 Å². The van der Waals surface area contributed by atoms with Gasteiger partial charge in [0.15, 0.2) is 5.96 Å². The second-order valence-electron chi connectivity index (χ2n) is 6.57. The molecule has 2 N–H and O–H groups in total. The van der Waals surface area contributed by atoms with Crippen LogP contribution < -0.4 is 15.4 Å². The molecule has 0 atom stereocenters. The van der Waals surface area contributed by atoms with Gasteiger partial charge in [-0.15, -0.1) is 37.1 Å². The molecule has 2 rings (SSSR count).